The van der Waals surface area contributed by atoms with Crippen LogP contribution < -0.4 is 9.47 Å². The fourth-order valence-corrected chi connectivity index (χ4v) is 7.13. The molecular weight excluding hydrogens is 512 g/mol. The van der Waals surface area contributed by atoms with Crippen LogP contribution in [0.15, 0.2) is 36.4 Å². The van der Waals surface area contributed by atoms with Gasteiger partial charge < -0.3 is 28.5 Å². The van der Waals surface area contributed by atoms with Crippen LogP contribution in [-0.2, 0) is 8.85 Å². The number of aliphatic hydroxyl groups excluding tert-OH is 2. The quantitative estimate of drug-likeness (QED) is 0.372. The average Bonchev–Trinajstić information content (AvgIpc) is 2.80. The third-order valence-electron chi connectivity index (χ3n) is 9.04. The molecule has 2 aromatic rings. The maximum Gasteiger partial charge on any atom is 0.193 e. The molecule has 38 heavy (non-hydrogen) atoms. The van der Waals surface area contributed by atoms with Crippen molar-refractivity contribution >= 4 is 16.6 Å². The second kappa shape index (κ2) is 10.1. The van der Waals surface area contributed by atoms with Gasteiger partial charge in [-0.3, -0.25) is 0 Å². The minimum Gasteiger partial charge on any atom is -0.483 e. The van der Waals surface area contributed by atoms with E-state index in [-0.39, 0.29) is 35.5 Å². The summed E-state index contributed by atoms with van der Waals surface area (Å²) < 4.78 is 27.2. The Morgan fingerprint density at radius 2 is 1.00 bits per heavy atom. The lowest BCUT2D eigenvalue weighted by atomic mass is 9.80. The van der Waals surface area contributed by atoms with Gasteiger partial charge >= 0.3 is 0 Å². The molecule has 4 atom stereocenters. The van der Waals surface area contributed by atoms with Crippen molar-refractivity contribution in [1.29, 1.82) is 0 Å². The van der Waals surface area contributed by atoms with Crippen molar-refractivity contribution in [1.82, 2.24) is 0 Å². The molecule has 2 N–H and O–H groups in total. The van der Waals surface area contributed by atoms with E-state index in [1.54, 1.807) is 0 Å². The zero-order valence-corrected chi connectivity index (χ0v) is 26.7. The molecule has 0 fully saturated rings. The molecule has 0 spiro atoms. The van der Waals surface area contributed by atoms with Gasteiger partial charge in [-0.05, 0) is 59.5 Å². The Balaban J connectivity index is 1.99. The molecule has 1 heterocycles. The molecule has 4 rings (SSSR count). The predicted molar refractivity (Wildman–Crippen MR) is 157 cm³/mol. The van der Waals surface area contributed by atoms with Gasteiger partial charge in [0.05, 0.1) is 13.2 Å². The summed E-state index contributed by atoms with van der Waals surface area (Å²) >= 11 is 0. The fourth-order valence-electron chi connectivity index (χ4n) is 4.65. The second-order valence-corrected chi connectivity index (χ2v) is 23.2. The van der Waals surface area contributed by atoms with Gasteiger partial charge in [-0.25, -0.2) is 0 Å². The summed E-state index contributed by atoms with van der Waals surface area (Å²) in [5.74, 6) is 1.32. The Hall–Kier alpha value is -1.69. The largest absolute Gasteiger partial charge is 0.483 e. The zero-order valence-electron chi connectivity index (χ0n) is 24.7. The molecule has 1 aliphatic heterocycles. The monoisotopic (exact) mass is 558 g/mol. The topological polar surface area (TPSA) is 77.4 Å². The van der Waals surface area contributed by atoms with Crippen molar-refractivity contribution in [2.24, 2.45) is 0 Å². The average molecular weight is 559 g/mol. The molecular formula is C30H46O6Si2. The molecule has 0 unspecified atom stereocenters. The maximum atomic E-state index is 10.1. The molecule has 0 bridgehead atoms. The Kier molecular flexibility index (Phi) is 7.75. The van der Waals surface area contributed by atoms with E-state index in [0.717, 1.165) is 22.3 Å². The van der Waals surface area contributed by atoms with Gasteiger partial charge in [-0.2, -0.15) is 0 Å². The smallest absolute Gasteiger partial charge is 0.193 e. The number of benzene rings is 2. The highest BCUT2D eigenvalue weighted by molar-refractivity contribution is 6.74. The lowest BCUT2D eigenvalue weighted by Crippen LogP contribution is -2.47. The molecule has 2 aromatic carbocycles. The zero-order chi connectivity index (χ0) is 28.3. The highest BCUT2D eigenvalue weighted by atomic mass is 28.4. The van der Waals surface area contributed by atoms with E-state index in [1.807, 2.05) is 24.3 Å². The molecule has 0 saturated carbocycles. The van der Waals surface area contributed by atoms with Crippen molar-refractivity contribution in [3.05, 3.63) is 47.5 Å². The van der Waals surface area contributed by atoms with Gasteiger partial charge in [0.15, 0.2) is 28.8 Å². The van der Waals surface area contributed by atoms with Crippen LogP contribution in [0.3, 0.4) is 0 Å². The highest BCUT2D eigenvalue weighted by Crippen LogP contribution is 2.58. The Morgan fingerprint density at radius 1 is 0.658 bits per heavy atom. The van der Waals surface area contributed by atoms with Gasteiger partial charge in [-0.1, -0.05) is 65.8 Å². The van der Waals surface area contributed by atoms with E-state index in [9.17, 15) is 10.2 Å². The Labute approximate surface area is 230 Å². The predicted octanol–water partition coefficient (Wildman–Crippen LogP) is 6.99. The minimum atomic E-state index is -2.23. The van der Waals surface area contributed by atoms with Gasteiger partial charge in [0.1, 0.15) is 23.7 Å². The molecule has 6 nitrogen and oxygen atoms in total. The first-order chi connectivity index (χ1) is 17.5. The lowest BCUT2D eigenvalue weighted by molar-refractivity contribution is -0.0142. The van der Waals surface area contributed by atoms with E-state index in [4.69, 9.17) is 18.3 Å². The maximum absolute atomic E-state index is 10.1. The standard InChI is InChI=1S/C30H46O6Si2/c1-29(2,3)37(7,8)35-27-19-13-11-15-21-25(19)26-20(28(27)36-38(9,10)30(4,5)6)14-12-16-22(26)34-24(18-32)23(17-31)33-21/h11-16,23-24,27-28,31-32H,17-18H2,1-10H3/t23-,24-,27-,28-/m1/s1. The summed E-state index contributed by atoms with van der Waals surface area (Å²) in [6, 6.07) is 12.1. The van der Waals surface area contributed by atoms with Crippen molar-refractivity contribution < 1.29 is 28.5 Å². The Morgan fingerprint density at radius 3 is 1.29 bits per heavy atom. The van der Waals surface area contributed by atoms with E-state index < -0.39 is 28.8 Å². The minimum absolute atomic E-state index is 0.00972. The van der Waals surface area contributed by atoms with E-state index in [2.05, 4.69) is 79.9 Å². The van der Waals surface area contributed by atoms with E-state index in [1.165, 1.54) is 0 Å². The number of ether oxygens (including phenoxy) is 2. The summed E-state index contributed by atoms with van der Waals surface area (Å²) in [5, 5.41) is 20.2. The molecule has 0 radical (unpaired) electrons. The molecule has 8 heteroatoms. The molecule has 2 aliphatic rings. The van der Waals surface area contributed by atoms with Crippen LogP contribution >= 0.6 is 0 Å². The van der Waals surface area contributed by atoms with Crippen molar-refractivity contribution in [3.63, 3.8) is 0 Å². The van der Waals surface area contributed by atoms with Crippen LogP contribution in [0, 0.1) is 0 Å². The second-order valence-electron chi connectivity index (χ2n) is 13.7. The van der Waals surface area contributed by atoms with Gasteiger partial charge in [-0.15, -0.1) is 0 Å². The fraction of sp³-hybridized carbons (Fsp3) is 0.600. The van der Waals surface area contributed by atoms with Crippen LogP contribution in [0.4, 0.5) is 0 Å². The summed E-state index contributed by atoms with van der Waals surface area (Å²) in [6.07, 6.45) is -2.06. The number of rotatable bonds is 6. The summed E-state index contributed by atoms with van der Waals surface area (Å²) in [4.78, 5) is 0. The van der Waals surface area contributed by atoms with Gasteiger partial charge in [0.25, 0.3) is 0 Å². The SMILES string of the molecule is CC(C)(C)[Si](C)(C)O[C@@H]1c2cccc3c2-c2c(cccc2[C@H]1O[Si](C)(C)C(C)(C)C)O[C@H](CO)[C@@H](CO)O3. The van der Waals surface area contributed by atoms with Gasteiger partial charge in [0, 0.05) is 11.1 Å². The first kappa shape index (κ1) is 29.3. The van der Waals surface area contributed by atoms with Crippen molar-refractivity contribution in [2.75, 3.05) is 13.2 Å². The van der Waals surface area contributed by atoms with Gasteiger partial charge in [0.2, 0.25) is 0 Å². The third-order valence-corrected chi connectivity index (χ3v) is 18.0. The summed E-state index contributed by atoms with van der Waals surface area (Å²) in [7, 11) is -4.45. The summed E-state index contributed by atoms with van der Waals surface area (Å²) in [6.45, 7) is 22.1. The highest BCUT2D eigenvalue weighted by Gasteiger charge is 2.49. The Bertz CT molecular complexity index is 1070. The first-order valence-corrected chi connectivity index (χ1v) is 19.5. The van der Waals surface area contributed by atoms with Crippen molar-refractivity contribution in [2.45, 2.75) is 102 Å². The van der Waals surface area contributed by atoms with E-state index >= 15 is 0 Å². The number of hydrogen-bond acceptors (Lipinski definition) is 6. The summed E-state index contributed by atoms with van der Waals surface area (Å²) in [5.41, 5.74) is 3.87. The van der Waals surface area contributed by atoms with Crippen molar-refractivity contribution in [3.8, 4) is 22.6 Å². The lowest BCUT2D eigenvalue weighted by Gasteiger charge is -2.48. The molecule has 0 aromatic heterocycles. The number of aliphatic hydroxyl groups is 2. The molecule has 1 aliphatic carbocycles. The van der Waals surface area contributed by atoms with Crippen LogP contribution in [0.2, 0.25) is 36.3 Å². The van der Waals surface area contributed by atoms with Crippen LogP contribution in [-0.4, -0.2) is 52.3 Å². The number of hydrogen-bond donors (Lipinski definition) is 2. The van der Waals surface area contributed by atoms with Crippen LogP contribution in [0.25, 0.3) is 11.1 Å². The van der Waals surface area contributed by atoms with Crippen LogP contribution in [0.1, 0.15) is 64.9 Å². The van der Waals surface area contributed by atoms with Crippen LogP contribution in [0.5, 0.6) is 11.5 Å². The third kappa shape index (κ3) is 5.11. The molecule has 210 valence electrons. The van der Waals surface area contributed by atoms with E-state index in [0.29, 0.717) is 11.5 Å². The molecule has 0 amide bonds. The molecule has 0 saturated heterocycles. The first-order valence-electron chi connectivity index (χ1n) is 13.7. The normalized spacial score (nSPS) is 23.6.